The van der Waals surface area contributed by atoms with Crippen LogP contribution in [0.2, 0.25) is 0 Å². The number of hydrogen-bond acceptors (Lipinski definition) is 4. The second-order valence-corrected chi connectivity index (χ2v) is 10.5. The zero-order chi connectivity index (χ0) is 31.8. The Hall–Kier alpha value is -5.88. The minimum Gasteiger partial charge on any atom is -0.457 e. The van der Waals surface area contributed by atoms with Crippen LogP contribution in [0.5, 0.6) is 11.5 Å². The normalized spacial score (nSPS) is 13.8. The van der Waals surface area contributed by atoms with Crippen LogP contribution in [-0.2, 0) is 6.67 Å². The highest BCUT2D eigenvalue weighted by Gasteiger charge is 2.26. The standard InChI is InChI=1S/C37H25N5O/c1-5-16-33-28(12-1)29-20-19-27(23-35(29)42(33)36-18-7-8-21-38-36)43-26-11-9-10-25(22-26)40-24-41-34-17-6-3-14-31(34)39-37(41)30-13-2-4-15-32(30)40/h1-23H,24H2/i1D,5D,12D,16D. The van der Waals surface area contributed by atoms with Gasteiger partial charge in [0, 0.05) is 40.4 Å². The van der Waals surface area contributed by atoms with E-state index in [1.165, 1.54) is 0 Å². The third-order valence-electron chi connectivity index (χ3n) is 7.99. The van der Waals surface area contributed by atoms with Crippen molar-refractivity contribution in [1.29, 1.82) is 0 Å². The zero-order valence-corrected chi connectivity index (χ0v) is 22.8. The van der Waals surface area contributed by atoms with Gasteiger partial charge < -0.3 is 14.2 Å². The molecule has 0 radical (unpaired) electrons. The molecule has 0 amide bonds. The lowest BCUT2D eigenvalue weighted by molar-refractivity contribution is 0.483. The van der Waals surface area contributed by atoms with Crippen LogP contribution in [0.15, 0.2) is 140 Å². The molecular weight excluding hydrogens is 530 g/mol. The highest BCUT2D eigenvalue weighted by atomic mass is 16.5. The molecule has 0 atom stereocenters. The molecule has 8 aromatic rings. The molecule has 204 valence electrons. The van der Waals surface area contributed by atoms with Gasteiger partial charge in [0.05, 0.1) is 33.2 Å². The Morgan fingerprint density at radius 1 is 0.698 bits per heavy atom. The van der Waals surface area contributed by atoms with Crippen molar-refractivity contribution in [3.8, 4) is 28.7 Å². The first-order valence-electron chi connectivity index (χ1n) is 16.0. The van der Waals surface area contributed by atoms with E-state index in [1.54, 1.807) is 10.8 Å². The highest BCUT2D eigenvalue weighted by Crippen LogP contribution is 2.42. The van der Waals surface area contributed by atoms with Crippen molar-refractivity contribution in [2.75, 3.05) is 4.90 Å². The molecule has 43 heavy (non-hydrogen) atoms. The van der Waals surface area contributed by atoms with Crippen LogP contribution in [-0.4, -0.2) is 19.1 Å². The maximum absolute atomic E-state index is 8.75. The third-order valence-corrected chi connectivity index (χ3v) is 7.99. The number of benzene rings is 5. The van der Waals surface area contributed by atoms with E-state index < -0.39 is 0 Å². The van der Waals surface area contributed by atoms with Gasteiger partial charge in [-0.05, 0) is 66.7 Å². The molecular formula is C37H25N5O. The summed E-state index contributed by atoms with van der Waals surface area (Å²) in [4.78, 5) is 11.7. The minimum atomic E-state index is -0.286. The smallest absolute Gasteiger partial charge is 0.144 e. The molecule has 1 aliphatic rings. The number of nitrogens with zero attached hydrogens (tertiary/aromatic N) is 5. The molecule has 0 saturated heterocycles. The number of ether oxygens (including phenoxy) is 1. The second kappa shape index (κ2) is 9.33. The number of anilines is 2. The van der Waals surface area contributed by atoms with Gasteiger partial charge in [0.2, 0.25) is 0 Å². The first-order chi connectivity index (χ1) is 23.0. The van der Waals surface area contributed by atoms with Crippen LogP contribution in [0, 0.1) is 0 Å². The largest absolute Gasteiger partial charge is 0.457 e. The molecule has 6 heteroatoms. The first-order valence-corrected chi connectivity index (χ1v) is 14.0. The molecule has 0 bridgehead atoms. The molecule has 0 fully saturated rings. The van der Waals surface area contributed by atoms with Gasteiger partial charge in [0.1, 0.15) is 29.8 Å². The maximum Gasteiger partial charge on any atom is 0.144 e. The Morgan fingerprint density at radius 2 is 1.56 bits per heavy atom. The van der Waals surface area contributed by atoms with Crippen LogP contribution in [0.25, 0.3) is 50.0 Å². The van der Waals surface area contributed by atoms with Crippen LogP contribution in [0.1, 0.15) is 5.48 Å². The van der Waals surface area contributed by atoms with E-state index in [0.29, 0.717) is 45.8 Å². The summed E-state index contributed by atoms with van der Waals surface area (Å²) in [5.74, 6) is 2.70. The number of para-hydroxylation sites is 4. The Bertz CT molecular complexity index is 2540. The van der Waals surface area contributed by atoms with E-state index in [0.717, 1.165) is 33.8 Å². The summed E-state index contributed by atoms with van der Waals surface area (Å²) >= 11 is 0. The summed E-state index contributed by atoms with van der Waals surface area (Å²) in [5.41, 5.74) is 6.17. The Balaban J connectivity index is 1.15. The lowest BCUT2D eigenvalue weighted by atomic mass is 10.1. The molecule has 9 rings (SSSR count). The average Bonchev–Trinajstić information content (AvgIpc) is 3.66. The summed E-state index contributed by atoms with van der Waals surface area (Å²) in [6.45, 7) is 0.591. The summed E-state index contributed by atoms with van der Waals surface area (Å²) < 4.78 is 44.6. The van der Waals surface area contributed by atoms with Gasteiger partial charge in [0.15, 0.2) is 0 Å². The van der Waals surface area contributed by atoms with E-state index in [-0.39, 0.29) is 24.2 Å². The molecule has 0 saturated carbocycles. The van der Waals surface area contributed by atoms with Crippen molar-refractivity contribution >= 4 is 44.2 Å². The number of hydrogen-bond donors (Lipinski definition) is 0. The lowest BCUT2D eigenvalue weighted by Gasteiger charge is -2.32. The lowest BCUT2D eigenvalue weighted by Crippen LogP contribution is -2.26. The van der Waals surface area contributed by atoms with Crippen molar-refractivity contribution in [3.05, 3.63) is 140 Å². The predicted molar refractivity (Wildman–Crippen MR) is 172 cm³/mol. The fraction of sp³-hybridized carbons (Fsp3) is 0.0270. The molecule has 3 aromatic heterocycles. The highest BCUT2D eigenvalue weighted by molar-refractivity contribution is 6.09. The molecule has 0 unspecified atom stereocenters. The van der Waals surface area contributed by atoms with Gasteiger partial charge in [0.25, 0.3) is 0 Å². The molecule has 5 aromatic carbocycles. The van der Waals surface area contributed by atoms with Gasteiger partial charge in [-0.2, -0.15) is 0 Å². The fourth-order valence-corrected chi connectivity index (χ4v) is 6.10. The zero-order valence-electron chi connectivity index (χ0n) is 26.8. The quantitative estimate of drug-likeness (QED) is 0.216. The SMILES string of the molecule is [2H]c1c([2H])c([2H])c2c(c1[2H])c1ccc(Oc3cccc(N4Cn5c(nc6ccccc65)-c5ccccc54)c3)cc1n2-c1ccccn1. The summed E-state index contributed by atoms with van der Waals surface area (Å²) in [5, 5.41) is 1.13. The van der Waals surface area contributed by atoms with Crippen molar-refractivity contribution in [1.82, 2.24) is 19.1 Å². The Kier molecular flexibility index (Phi) is 4.35. The van der Waals surface area contributed by atoms with E-state index >= 15 is 0 Å². The van der Waals surface area contributed by atoms with Crippen molar-refractivity contribution in [2.24, 2.45) is 0 Å². The third kappa shape index (κ3) is 3.73. The van der Waals surface area contributed by atoms with Crippen molar-refractivity contribution < 1.29 is 10.2 Å². The molecule has 1 aliphatic heterocycles. The van der Waals surface area contributed by atoms with Crippen LogP contribution < -0.4 is 9.64 Å². The van der Waals surface area contributed by atoms with Crippen LogP contribution >= 0.6 is 0 Å². The fourth-order valence-electron chi connectivity index (χ4n) is 6.10. The molecule has 0 aliphatic carbocycles. The van der Waals surface area contributed by atoms with E-state index in [1.807, 2.05) is 84.9 Å². The topological polar surface area (TPSA) is 48.1 Å². The maximum atomic E-state index is 8.75. The second-order valence-electron chi connectivity index (χ2n) is 10.5. The minimum absolute atomic E-state index is 0.0855. The van der Waals surface area contributed by atoms with E-state index in [9.17, 15) is 0 Å². The number of aromatic nitrogens is 4. The van der Waals surface area contributed by atoms with E-state index in [4.69, 9.17) is 15.2 Å². The average molecular weight is 560 g/mol. The van der Waals surface area contributed by atoms with Crippen LogP contribution in [0.3, 0.4) is 0 Å². The predicted octanol–water partition coefficient (Wildman–Crippen LogP) is 9.10. The van der Waals surface area contributed by atoms with E-state index in [2.05, 4.69) is 38.7 Å². The first kappa shape index (κ1) is 20.1. The summed E-state index contributed by atoms with van der Waals surface area (Å²) in [6.07, 6.45) is 1.67. The van der Waals surface area contributed by atoms with Gasteiger partial charge in [-0.3, -0.25) is 4.57 Å². The molecule has 0 spiro atoms. The number of imidazole rings is 1. The van der Waals surface area contributed by atoms with Gasteiger partial charge in [-0.1, -0.05) is 54.5 Å². The summed E-state index contributed by atoms with van der Waals surface area (Å²) in [6, 6.07) is 34.7. The van der Waals surface area contributed by atoms with Crippen LogP contribution in [0.4, 0.5) is 11.4 Å². The molecule has 0 N–H and O–H groups in total. The number of rotatable bonds is 4. The Labute approximate surface area is 253 Å². The number of pyridine rings is 1. The van der Waals surface area contributed by atoms with Crippen molar-refractivity contribution in [3.63, 3.8) is 0 Å². The molecule has 6 nitrogen and oxygen atoms in total. The Morgan fingerprint density at radius 3 is 2.51 bits per heavy atom. The number of fused-ring (bicyclic) bond motifs is 8. The molecule has 4 heterocycles. The monoisotopic (exact) mass is 559 g/mol. The van der Waals surface area contributed by atoms with Gasteiger partial charge in [-0.25, -0.2) is 9.97 Å². The van der Waals surface area contributed by atoms with Crippen molar-refractivity contribution in [2.45, 2.75) is 6.67 Å². The van der Waals surface area contributed by atoms with Gasteiger partial charge in [-0.15, -0.1) is 0 Å². The van der Waals surface area contributed by atoms with Gasteiger partial charge >= 0.3 is 0 Å². The summed E-state index contributed by atoms with van der Waals surface area (Å²) in [7, 11) is 0.